The molecule has 0 saturated carbocycles. The van der Waals surface area contributed by atoms with Crippen LogP contribution in [-0.2, 0) is 6.54 Å². The predicted octanol–water partition coefficient (Wildman–Crippen LogP) is 3.74. The van der Waals surface area contributed by atoms with Crippen molar-refractivity contribution in [1.29, 1.82) is 0 Å². The highest BCUT2D eigenvalue weighted by Crippen LogP contribution is 2.18. The summed E-state index contributed by atoms with van der Waals surface area (Å²) in [6.07, 6.45) is 0. The van der Waals surface area contributed by atoms with Crippen molar-refractivity contribution in [2.45, 2.75) is 13.5 Å². The van der Waals surface area contributed by atoms with Gasteiger partial charge in [0, 0.05) is 15.6 Å². The molecule has 2 aromatic carbocycles. The van der Waals surface area contributed by atoms with Crippen molar-refractivity contribution < 1.29 is 9.21 Å². The molecule has 3 rings (SSSR count). The number of hydrogen-bond acceptors (Lipinski definition) is 4. The third-order valence-corrected chi connectivity index (χ3v) is 3.75. The number of rotatable bonds is 4. The maximum Gasteiger partial charge on any atom is 0.251 e. The molecule has 0 aliphatic heterocycles. The van der Waals surface area contributed by atoms with Gasteiger partial charge in [0.1, 0.15) is 0 Å². The van der Waals surface area contributed by atoms with Crippen LogP contribution >= 0.6 is 15.9 Å². The summed E-state index contributed by atoms with van der Waals surface area (Å²) >= 11 is 3.34. The predicted molar refractivity (Wildman–Crippen MR) is 89.8 cm³/mol. The highest BCUT2D eigenvalue weighted by atomic mass is 79.9. The molecule has 6 heteroatoms. The monoisotopic (exact) mass is 371 g/mol. The Balaban J connectivity index is 1.65. The Morgan fingerprint density at radius 3 is 2.70 bits per heavy atom. The molecule has 1 N–H and O–H groups in total. The Morgan fingerprint density at radius 1 is 1.17 bits per heavy atom. The Hall–Kier alpha value is -2.47. The first-order valence-corrected chi connectivity index (χ1v) is 7.84. The van der Waals surface area contributed by atoms with Crippen LogP contribution in [0.5, 0.6) is 0 Å². The largest absolute Gasteiger partial charge is 0.419 e. The van der Waals surface area contributed by atoms with Crippen LogP contribution in [0.4, 0.5) is 0 Å². The molecule has 0 radical (unpaired) electrons. The van der Waals surface area contributed by atoms with Crippen LogP contribution < -0.4 is 5.32 Å². The van der Waals surface area contributed by atoms with Crippen LogP contribution in [0, 0.1) is 6.92 Å². The van der Waals surface area contributed by atoms with Crippen LogP contribution in [0.25, 0.3) is 11.5 Å². The minimum atomic E-state index is -0.193. The number of nitrogens with zero attached hydrogens (tertiary/aromatic N) is 2. The van der Waals surface area contributed by atoms with E-state index in [1.807, 2.05) is 37.3 Å². The minimum Gasteiger partial charge on any atom is -0.419 e. The number of carbonyl (C=O) groups excluding carboxylic acids is 1. The molecule has 1 heterocycles. The summed E-state index contributed by atoms with van der Waals surface area (Å²) in [5.41, 5.74) is 2.58. The van der Waals surface area contributed by atoms with Gasteiger partial charge in [-0.25, -0.2) is 0 Å². The zero-order valence-electron chi connectivity index (χ0n) is 12.4. The number of carbonyl (C=O) groups is 1. The van der Waals surface area contributed by atoms with E-state index in [9.17, 15) is 4.79 Å². The van der Waals surface area contributed by atoms with Crippen molar-refractivity contribution in [2.24, 2.45) is 0 Å². The number of benzene rings is 2. The lowest BCUT2D eigenvalue weighted by Crippen LogP contribution is -2.22. The lowest BCUT2D eigenvalue weighted by atomic mass is 10.1. The summed E-state index contributed by atoms with van der Waals surface area (Å²) in [5.74, 6) is 0.613. The second-order valence-corrected chi connectivity index (χ2v) is 5.98. The first-order chi connectivity index (χ1) is 11.1. The van der Waals surface area contributed by atoms with Gasteiger partial charge in [0.05, 0.1) is 6.54 Å². The van der Waals surface area contributed by atoms with Gasteiger partial charge < -0.3 is 9.73 Å². The lowest BCUT2D eigenvalue weighted by molar-refractivity contribution is 0.0947. The summed E-state index contributed by atoms with van der Waals surface area (Å²) < 4.78 is 6.42. The minimum absolute atomic E-state index is 0.185. The quantitative estimate of drug-likeness (QED) is 0.758. The summed E-state index contributed by atoms with van der Waals surface area (Å²) in [5, 5.41) is 10.7. The standard InChI is InChI=1S/C17H14BrN3O2/c1-11-5-7-12(8-6-11)17-21-20-15(23-17)10-19-16(22)13-3-2-4-14(18)9-13/h2-9H,10H2,1H3,(H,19,22). The van der Waals surface area contributed by atoms with E-state index in [-0.39, 0.29) is 12.5 Å². The number of nitrogens with one attached hydrogen (secondary N) is 1. The van der Waals surface area contributed by atoms with E-state index >= 15 is 0 Å². The van der Waals surface area contributed by atoms with Crippen molar-refractivity contribution in [2.75, 3.05) is 0 Å². The second kappa shape index (κ2) is 6.75. The molecule has 0 aliphatic rings. The summed E-state index contributed by atoms with van der Waals surface area (Å²) in [7, 11) is 0. The Morgan fingerprint density at radius 2 is 1.96 bits per heavy atom. The van der Waals surface area contributed by atoms with Gasteiger partial charge in [0.15, 0.2) is 0 Å². The van der Waals surface area contributed by atoms with E-state index in [0.29, 0.717) is 17.3 Å². The molecule has 116 valence electrons. The van der Waals surface area contributed by atoms with E-state index in [0.717, 1.165) is 15.6 Å². The third-order valence-electron chi connectivity index (χ3n) is 3.25. The fourth-order valence-electron chi connectivity index (χ4n) is 2.03. The molecule has 1 aromatic heterocycles. The fourth-order valence-corrected chi connectivity index (χ4v) is 2.42. The van der Waals surface area contributed by atoms with Crippen LogP contribution in [0.2, 0.25) is 0 Å². The number of amides is 1. The van der Waals surface area contributed by atoms with Crippen molar-refractivity contribution >= 4 is 21.8 Å². The van der Waals surface area contributed by atoms with E-state index in [1.54, 1.807) is 18.2 Å². The number of halogens is 1. The van der Waals surface area contributed by atoms with Gasteiger partial charge in [-0.2, -0.15) is 0 Å². The molecule has 5 nitrogen and oxygen atoms in total. The molecule has 0 aliphatic carbocycles. The molecule has 0 spiro atoms. The van der Waals surface area contributed by atoms with Gasteiger partial charge in [-0.15, -0.1) is 10.2 Å². The summed E-state index contributed by atoms with van der Waals surface area (Å²) in [6, 6.07) is 15.0. The molecule has 23 heavy (non-hydrogen) atoms. The molecule has 0 bridgehead atoms. The molecule has 0 unspecified atom stereocenters. The second-order valence-electron chi connectivity index (χ2n) is 5.06. The topological polar surface area (TPSA) is 68.0 Å². The Labute approximate surface area is 141 Å². The highest BCUT2D eigenvalue weighted by molar-refractivity contribution is 9.10. The van der Waals surface area contributed by atoms with Gasteiger partial charge in [0.25, 0.3) is 5.91 Å². The SMILES string of the molecule is Cc1ccc(-c2nnc(CNC(=O)c3cccc(Br)c3)o2)cc1. The average Bonchev–Trinajstić information content (AvgIpc) is 3.02. The van der Waals surface area contributed by atoms with E-state index in [2.05, 4.69) is 31.4 Å². The van der Waals surface area contributed by atoms with Crippen LogP contribution in [0.15, 0.2) is 57.4 Å². The maximum atomic E-state index is 12.1. The van der Waals surface area contributed by atoms with Gasteiger partial charge >= 0.3 is 0 Å². The maximum absolute atomic E-state index is 12.1. The van der Waals surface area contributed by atoms with E-state index < -0.39 is 0 Å². The summed E-state index contributed by atoms with van der Waals surface area (Å²) in [4.78, 5) is 12.1. The Kier molecular flexibility index (Phi) is 4.52. The zero-order valence-corrected chi connectivity index (χ0v) is 14.0. The molecular weight excluding hydrogens is 358 g/mol. The van der Waals surface area contributed by atoms with Gasteiger partial charge in [-0.1, -0.05) is 39.7 Å². The highest BCUT2D eigenvalue weighted by Gasteiger charge is 2.11. The van der Waals surface area contributed by atoms with Crippen molar-refractivity contribution in [1.82, 2.24) is 15.5 Å². The molecule has 0 fully saturated rings. The van der Waals surface area contributed by atoms with Crippen molar-refractivity contribution in [3.8, 4) is 11.5 Å². The molecule has 1 amide bonds. The number of hydrogen-bond donors (Lipinski definition) is 1. The van der Waals surface area contributed by atoms with E-state index in [1.165, 1.54) is 0 Å². The lowest BCUT2D eigenvalue weighted by Gasteiger charge is -2.02. The third kappa shape index (κ3) is 3.84. The zero-order chi connectivity index (χ0) is 16.2. The van der Waals surface area contributed by atoms with Gasteiger partial charge in [-0.05, 0) is 37.3 Å². The van der Waals surface area contributed by atoms with Crippen LogP contribution in [-0.4, -0.2) is 16.1 Å². The average molecular weight is 372 g/mol. The van der Waals surface area contributed by atoms with Crippen LogP contribution in [0.1, 0.15) is 21.8 Å². The first kappa shape index (κ1) is 15.4. The van der Waals surface area contributed by atoms with Crippen molar-refractivity contribution in [3.05, 3.63) is 70.0 Å². The normalized spacial score (nSPS) is 10.5. The molecule has 3 aromatic rings. The van der Waals surface area contributed by atoms with Gasteiger partial charge in [-0.3, -0.25) is 4.79 Å². The van der Waals surface area contributed by atoms with Crippen LogP contribution in [0.3, 0.4) is 0 Å². The van der Waals surface area contributed by atoms with Crippen molar-refractivity contribution in [3.63, 3.8) is 0 Å². The van der Waals surface area contributed by atoms with E-state index in [4.69, 9.17) is 4.42 Å². The number of aryl methyl sites for hydroxylation is 1. The fraction of sp³-hybridized carbons (Fsp3) is 0.118. The molecular formula is C17H14BrN3O2. The first-order valence-electron chi connectivity index (χ1n) is 7.05. The number of aromatic nitrogens is 2. The summed E-state index contributed by atoms with van der Waals surface area (Å²) in [6.45, 7) is 2.20. The smallest absolute Gasteiger partial charge is 0.251 e. The molecule has 0 atom stereocenters. The molecule has 0 saturated heterocycles. The Bertz CT molecular complexity index is 828. The van der Waals surface area contributed by atoms with Gasteiger partial charge in [0.2, 0.25) is 11.8 Å².